The molecule has 0 aliphatic heterocycles. The number of halogens is 1. The van der Waals surface area contributed by atoms with Crippen LogP contribution in [0.25, 0.3) is 0 Å². The summed E-state index contributed by atoms with van der Waals surface area (Å²) in [7, 11) is -1.91. The number of hydrogen-bond donors (Lipinski definition) is 2. The summed E-state index contributed by atoms with van der Waals surface area (Å²) in [5, 5.41) is 3.20. The molecule has 1 heterocycles. The van der Waals surface area contributed by atoms with Gasteiger partial charge in [0, 0.05) is 29.0 Å². The van der Waals surface area contributed by atoms with Gasteiger partial charge in [0.15, 0.2) is 0 Å². The van der Waals surface area contributed by atoms with E-state index in [1.54, 1.807) is 19.3 Å². The van der Waals surface area contributed by atoms with Crippen LogP contribution in [-0.2, 0) is 10.0 Å². The highest BCUT2D eigenvalue weighted by Crippen LogP contribution is 2.31. The van der Waals surface area contributed by atoms with Gasteiger partial charge in [-0.15, -0.1) is 0 Å². The number of aromatic nitrogens is 1. The summed E-state index contributed by atoms with van der Waals surface area (Å²) in [5.41, 5.74) is 0. The van der Waals surface area contributed by atoms with Crippen molar-refractivity contribution in [2.24, 2.45) is 0 Å². The lowest BCUT2D eigenvalue weighted by Gasteiger charge is -2.20. The average molecular weight is 394 g/mol. The number of nitrogens with one attached hydrogen (secondary N) is 2. The van der Waals surface area contributed by atoms with E-state index in [1.165, 1.54) is 0 Å². The molecule has 2 atom stereocenters. The molecule has 1 aromatic heterocycles. The summed E-state index contributed by atoms with van der Waals surface area (Å²) in [6.45, 7) is 2.10. The van der Waals surface area contributed by atoms with E-state index in [0.717, 1.165) is 25.0 Å². The molecular weight excluding hydrogens is 374 g/mol. The predicted molar refractivity (Wildman–Crippen MR) is 91.4 cm³/mol. The number of nitrogens with zero attached hydrogens (tertiary/aromatic N) is 1. The Balaban J connectivity index is 2.24. The lowest BCUT2D eigenvalue weighted by Crippen LogP contribution is -2.39. The van der Waals surface area contributed by atoms with E-state index in [9.17, 15) is 8.42 Å². The Morgan fingerprint density at radius 1 is 1.48 bits per heavy atom. The van der Waals surface area contributed by atoms with Crippen molar-refractivity contribution in [2.75, 3.05) is 18.1 Å². The molecule has 1 aromatic rings. The second-order valence-corrected chi connectivity index (χ2v) is 9.02. The van der Waals surface area contributed by atoms with Gasteiger partial charge in [-0.25, -0.2) is 18.1 Å². The summed E-state index contributed by atoms with van der Waals surface area (Å²) < 4.78 is 28.8. The Hall–Kier alpha value is -0.310. The smallest absolute Gasteiger partial charge is 0.244 e. The fraction of sp³-hybridized carbons (Fsp3) is 0.615. The standard InChI is InChI=1S/C13H20BrN3O2S2/c1-3-20-11-6-4-5-10(11)17-21(18,19)12-7-9(14)8-16-13(12)15-2/h7-8,10-11,17H,3-6H2,1-2H3,(H,15,16). The molecule has 118 valence electrons. The quantitative estimate of drug-likeness (QED) is 0.777. The van der Waals surface area contributed by atoms with Crippen molar-refractivity contribution in [1.82, 2.24) is 9.71 Å². The van der Waals surface area contributed by atoms with Crippen LogP contribution < -0.4 is 10.0 Å². The Morgan fingerprint density at radius 3 is 2.90 bits per heavy atom. The van der Waals surface area contributed by atoms with Crippen molar-refractivity contribution in [3.63, 3.8) is 0 Å². The summed E-state index contributed by atoms with van der Waals surface area (Å²) in [4.78, 5) is 4.30. The van der Waals surface area contributed by atoms with Gasteiger partial charge < -0.3 is 5.32 Å². The number of anilines is 1. The number of pyridine rings is 1. The van der Waals surface area contributed by atoms with Crippen LogP contribution in [0, 0.1) is 0 Å². The molecule has 21 heavy (non-hydrogen) atoms. The average Bonchev–Trinajstić information content (AvgIpc) is 2.86. The molecule has 1 fully saturated rings. The zero-order valence-corrected chi connectivity index (χ0v) is 15.3. The van der Waals surface area contributed by atoms with Gasteiger partial charge in [-0.2, -0.15) is 11.8 Å². The number of rotatable bonds is 6. The monoisotopic (exact) mass is 393 g/mol. The Labute approximate surface area is 138 Å². The minimum atomic E-state index is -3.58. The van der Waals surface area contributed by atoms with Crippen molar-refractivity contribution in [1.29, 1.82) is 0 Å². The Morgan fingerprint density at radius 2 is 2.24 bits per heavy atom. The van der Waals surface area contributed by atoms with Gasteiger partial charge >= 0.3 is 0 Å². The van der Waals surface area contributed by atoms with E-state index in [0.29, 0.717) is 15.5 Å². The third-order valence-corrected chi connectivity index (χ3v) is 6.75. The molecule has 0 aromatic carbocycles. The predicted octanol–water partition coefficient (Wildman–Crippen LogP) is 2.84. The highest BCUT2D eigenvalue weighted by Gasteiger charge is 2.32. The molecule has 0 bridgehead atoms. The molecule has 2 unspecified atom stereocenters. The maximum Gasteiger partial charge on any atom is 0.244 e. The molecule has 0 saturated heterocycles. The van der Waals surface area contributed by atoms with Crippen LogP contribution in [-0.4, -0.2) is 37.5 Å². The molecule has 0 radical (unpaired) electrons. The first kappa shape index (κ1) is 17.1. The Bertz CT molecular complexity index is 595. The van der Waals surface area contributed by atoms with E-state index in [1.807, 2.05) is 11.8 Å². The van der Waals surface area contributed by atoms with E-state index >= 15 is 0 Å². The fourth-order valence-electron chi connectivity index (χ4n) is 2.55. The van der Waals surface area contributed by atoms with E-state index in [-0.39, 0.29) is 10.9 Å². The van der Waals surface area contributed by atoms with Gasteiger partial charge in [0.1, 0.15) is 10.7 Å². The molecule has 1 aliphatic carbocycles. The maximum absolute atomic E-state index is 12.6. The molecule has 2 rings (SSSR count). The second kappa shape index (κ2) is 7.30. The van der Waals surface area contributed by atoms with Crippen LogP contribution in [0.2, 0.25) is 0 Å². The van der Waals surface area contributed by atoms with Gasteiger partial charge in [0.05, 0.1) is 0 Å². The first-order chi connectivity index (χ1) is 9.97. The first-order valence-electron chi connectivity index (χ1n) is 6.95. The number of hydrogen-bond acceptors (Lipinski definition) is 5. The van der Waals surface area contributed by atoms with Crippen LogP contribution in [0.3, 0.4) is 0 Å². The first-order valence-corrected chi connectivity index (χ1v) is 10.3. The van der Waals surface area contributed by atoms with E-state index in [4.69, 9.17) is 0 Å². The van der Waals surface area contributed by atoms with Gasteiger partial charge in [-0.05, 0) is 40.6 Å². The lowest BCUT2D eigenvalue weighted by molar-refractivity contribution is 0.555. The summed E-state index contributed by atoms with van der Waals surface area (Å²) >= 11 is 5.11. The van der Waals surface area contributed by atoms with Gasteiger partial charge in [-0.1, -0.05) is 13.3 Å². The van der Waals surface area contributed by atoms with E-state index in [2.05, 4.69) is 37.9 Å². The van der Waals surface area contributed by atoms with Gasteiger partial charge in [0.25, 0.3) is 0 Å². The second-order valence-electron chi connectivity index (χ2n) is 4.90. The fourth-order valence-corrected chi connectivity index (χ4v) is 5.82. The van der Waals surface area contributed by atoms with Gasteiger partial charge in [-0.3, -0.25) is 0 Å². The summed E-state index contributed by atoms with van der Waals surface area (Å²) in [5.74, 6) is 1.37. The summed E-state index contributed by atoms with van der Waals surface area (Å²) in [6.07, 6.45) is 4.62. The van der Waals surface area contributed by atoms with Crippen LogP contribution in [0.5, 0.6) is 0 Å². The molecule has 1 aliphatic rings. The normalized spacial score (nSPS) is 22.4. The maximum atomic E-state index is 12.6. The minimum absolute atomic E-state index is 0.00337. The van der Waals surface area contributed by atoms with Crippen molar-refractivity contribution in [2.45, 2.75) is 42.4 Å². The van der Waals surface area contributed by atoms with Crippen LogP contribution in [0.15, 0.2) is 21.6 Å². The highest BCUT2D eigenvalue weighted by molar-refractivity contribution is 9.10. The SMILES string of the molecule is CCSC1CCCC1NS(=O)(=O)c1cc(Br)cnc1NC. The molecule has 5 nitrogen and oxygen atoms in total. The van der Waals surface area contributed by atoms with Crippen LogP contribution in [0.1, 0.15) is 26.2 Å². The number of thioether (sulfide) groups is 1. The third-order valence-electron chi connectivity index (χ3n) is 3.49. The van der Waals surface area contributed by atoms with Crippen molar-refractivity contribution < 1.29 is 8.42 Å². The highest BCUT2D eigenvalue weighted by atomic mass is 79.9. The largest absolute Gasteiger partial charge is 0.372 e. The lowest BCUT2D eigenvalue weighted by atomic mass is 10.3. The molecule has 1 saturated carbocycles. The minimum Gasteiger partial charge on any atom is -0.372 e. The van der Waals surface area contributed by atoms with Crippen LogP contribution >= 0.6 is 27.7 Å². The van der Waals surface area contributed by atoms with Crippen LogP contribution in [0.4, 0.5) is 5.82 Å². The van der Waals surface area contributed by atoms with Crippen molar-refractivity contribution >= 4 is 43.5 Å². The van der Waals surface area contributed by atoms with E-state index < -0.39 is 10.0 Å². The Kier molecular flexibility index (Phi) is 5.93. The van der Waals surface area contributed by atoms with Gasteiger partial charge in [0.2, 0.25) is 10.0 Å². The molecule has 8 heteroatoms. The van der Waals surface area contributed by atoms with Crippen molar-refractivity contribution in [3.05, 3.63) is 16.7 Å². The topological polar surface area (TPSA) is 71.1 Å². The number of sulfonamides is 1. The molecule has 0 amide bonds. The molecule has 0 spiro atoms. The third kappa shape index (κ3) is 4.12. The zero-order chi connectivity index (χ0) is 15.5. The molecule has 2 N–H and O–H groups in total. The summed E-state index contributed by atoms with van der Waals surface area (Å²) in [6, 6.07) is 1.58. The van der Waals surface area contributed by atoms with Crippen molar-refractivity contribution in [3.8, 4) is 0 Å². The zero-order valence-electron chi connectivity index (χ0n) is 12.1. The molecular formula is C13H20BrN3O2S2.